The third kappa shape index (κ3) is 1.41. The van der Waals surface area contributed by atoms with Gasteiger partial charge in [0.25, 0.3) is 0 Å². The first kappa shape index (κ1) is 8.94. The van der Waals surface area contributed by atoms with Crippen LogP contribution in [0.5, 0.6) is 0 Å². The van der Waals surface area contributed by atoms with Gasteiger partial charge in [-0.05, 0) is 26.0 Å². The Morgan fingerprint density at radius 2 is 1.93 bits per heavy atom. The molecule has 0 saturated carbocycles. The maximum Gasteiger partial charge on any atom is 0.0951 e. The number of nitrogens with zero attached hydrogens (tertiary/aromatic N) is 3. The molecule has 0 unspecified atom stereocenters. The van der Waals surface area contributed by atoms with Gasteiger partial charge < -0.3 is 4.57 Å². The van der Waals surface area contributed by atoms with Crippen LogP contribution in [0.25, 0.3) is 11.3 Å². The van der Waals surface area contributed by atoms with E-state index in [2.05, 4.69) is 16.0 Å². The van der Waals surface area contributed by atoms with Crippen LogP contribution in [0.15, 0.2) is 24.7 Å². The van der Waals surface area contributed by atoms with Crippen molar-refractivity contribution in [3.63, 3.8) is 0 Å². The summed E-state index contributed by atoms with van der Waals surface area (Å²) < 4.78 is 2.02. The van der Waals surface area contributed by atoms with Crippen molar-refractivity contribution >= 4 is 0 Å². The van der Waals surface area contributed by atoms with Crippen LogP contribution in [0.4, 0.5) is 0 Å². The second kappa shape index (κ2) is 3.25. The van der Waals surface area contributed by atoms with E-state index in [1.165, 1.54) is 0 Å². The van der Waals surface area contributed by atoms with E-state index in [9.17, 15) is 0 Å². The molecule has 0 spiro atoms. The minimum Gasteiger partial charge on any atom is -0.333 e. The summed E-state index contributed by atoms with van der Waals surface area (Å²) in [7, 11) is 2.00. The minimum atomic E-state index is 1.04. The molecule has 0 N–H and O–H groups in total. The second-order valence-electron chi connectivity index (χ2n) is 3.48. The summed E-state index contributed by atoms with van der Waals surface area (Å²) in [6.45, 7) is 4.00. The van der Waals surface area contributed by atoms with Gasteiger partial charge in [-0.1, -0.05) is 0 Å². The summed E-state index contributed by atoms with van der Waals surface area (Å²) in [5, 5.41) is 0. The van der Waals surface area contributed by atoms with Crippen LogP contribution in [0.1, 0.15) is 11.4 Å². The van der Waals surface area contributed by atoms with Crippen molar-refractivity contribution in [2.75, 3.05) is 0 Å². The van der Waals surface area contributed by atoms with Crippen molar-refractivity contribution in [2.24, 2.45) is 7.05 Å². The highest BCUT2D eigenvalue weighted by atomic mass is 15.0. The molecule has 0 radical (unpaired) electrons. The van der Waals surface area contributed by atoms with Crippen LogP contribution in [-0.2, 0) is 7.05 Å². The van der Waals surface area contributed by atoms with E-state index in [4.69, 9.17) is 0 Å². The lowest BCUT2D eigenvalue weighted by molar-refractivity contribution is 0.920. The monoisotopic (exact) mass is 187 g/mol. The summed E-state index contributed by atoms with van der Waals surface area (Å²) in [5.74, 6) is 0. The molecule has 2 rings (SSSR count). The number of pyridine rings is 1. The first-order valence-electron chi connectivity index (χ1n) is 4.59. The van der Waals surface area contributed by atoms with Gasteiger partial charge in [0.15, 0.2) is 0 Å². The zero-order valence-electron chi connectivity index (χ0n) is 8.65. The van der Waals surface area contributed by atoms with Crippen LogP contribution in [0.3, 0.4) is 0 Å². The summed E-state index contributed by atoms with van der Waals surface area (Å²) in [6, 6.07) is 4.09. The van der Waals surface area contributed by atoms with Gasteiger partial charge in [0.05, 0.1) is 17.7 Å². The molecule has 3 heteroatoms. The molecule has 0 bridgehead atoms. The molecular weight excluding hydrogens is 174 g/mol. The van der Waals surface area contributed by atoms with Gasteiger partial charge in [0.2, 0.25) is 0 Å². The molecular formula is C11H13N3. The van der Waals surface area contributed by atoms with E-state index in [0.717, 1.165) is 22.6 Å². The Morgan fingerprint density at radius 1 is 1.14 bits per heavy atom. The van der Waals surface area contributed by atoms with Crippen molar-refractivity contribution in [3.8, 4) is 11.3 Å². The molecule has 3 nitrogen and oxygen atoms in total. The van der Waals surface area contributed by atoms with Gasteiger partial charge in [-0.2, -0.15) is 0 Å². The van der Waals surface area contributed by atoms with E-state index in [0.29, 0.717) is 0 Å². The van der Waals surface area contributed by atoms with Crippen LogP contribution in [-0.4, -0.2) is 14.5 Å². The minimum absolute atomic E-state index is 1.04. The maximum atomic E-state index is 4.28. The fourth-order valence-electron chi connectivity index (χ4n) is 1.57. The number of aryl methyl sites for hydroxylation is 3. The lowest BCUT2D eigenvalue weighted by Crippen LogP contribution is -1.92. The molecule has 0 aliphatic rings. The maximum absolute atomic E-state index is 4.28. The normalized spacial score (nSPS) is 10.5. The summed E-state index contributed by atoms with van der Waals surface area (Å²) in [5.41, 5.74) is 4.33. The predicted octanol–water partition coefficient (Wildman–Crippen LogP) is 2.10. The van der Waals surface area contributed by atoms with Gasteiger partial charge >= 0.3 is 0 Å². The molecule has 0 fully saturated rings. The molecule has 0 atom stereocenters. The number of rotatable bonds is 1. The van der Waals surface area contributed by atoms with Crippen molar-refractivity contribution in [3.05, 3.63) is 36.0 Å². The van der Waals surface area contributed by atoms with Crippen molar-refractivity contribution < 1.29 is 0 Å². The third-order valence-corrected chi connectivity index (χ3v) is 2.30. The van der Waals surface area contributed by atoms with Crippen molar-refractivity contribution in [1.29, 1.82) is 0 Å². The Labute approximate surface area is 83.4 Å². The molecule has 0 saturated heterocycles. The standard InChI is InChI=1S/C11H13N3/c1-8-4-5-10(6-12-8)11-9(2)13-7-14(11)3/h4-7H,1-3H3. The largest absolute Gasteiger partial charge is 0.333 e. The van der Waals surface area contributed by atoms with Crippen LogP contribution in [0, 0.1) is 13.8 Å². The first-order chi connectivity index (χ1) is 6.68. The second-order valence-corrected chi connectivity index (χ2v) is 3.48. The molecule has 72 valence electrons. The van der Waals surface area contributed by atoms with E-state index in [-0.39, 0.29) is 0 Å². The van der Waals surface area contributed by atoms with Crippen LogP contribution in [0.2, 0.25) is 0 Å². The zero-order chi connectivity index (χ0) is 10.1. The topological polar surface area (TPSA) is 30.7 Å². The highest BCUT2D eigenvalue weighted by Gasteiger charge is 2.06. The summed E-state index contributed by atoms with van der Waals surface area (Å²) in [6.07, 6.45) is 3.71. The Morgan fingerprint density at radius 3 is 2.43 bits per heavy atom. The van der Waals surface area contributed by atoms with Gasteiger partial charge in [0.1, 0.15) is 0 Å². The van der Waals surface area contributed by atoms with Crippen LogP contribution >= 0.6 is 0 Å². The molecule has 2 aromatic rings. The van der Waals surface area contributed by atoms with E-state index < -0.39 is 0 Å². The van der Waals surface area contributed by atoms with Gasteiger partial charge in [0, 0.05) is 24.5 Å². The predicted molar refractivity (Wildman–Crippen MR) is 55.9 cm³/mol. The lowest BCUT2D eigenvalue weighted by Gasteiger charge is -2.03. The number of hydrogen-bond donors (Lipinski definition) is 0. The van der Waals surface area contributed by atoms with Crippen molar-refractivity contribution in [2.45, 2.75) is 13.8 Å². The average Bonchev–Trinajstić information content (AvgIpc) is 2.49. The number of aromatic nitrogens is 3. The molecule has 0 aliphatic heterocycles. The lowest BCUT2D eigenvalue weighted by atomic mass is 10.1. The zero-order valence-corrected chi connectivity index (χ0v) is 8.65. The Balaban J connectivity index is 2.54. The molecule has 0 aromatic carbocycles. The molecule has 2 aromatic heterocycles. The number of imidazole rings is 1. The van der Waals surface area contributed by atoms with E-state index in [1.54, 1.807) is 0 Å². The van der Waals surface area contributed by atoms with Gasteiger partial charge in [-0.15, -0.1) is 0 Å². The summed E-state index contributed by atoms with van der Waals surface area (Å²) in [4.78, 5) is 8.53. The smallest absolute Gasteiger partial charge is 0.0951 e. The van der Waals surface area contributed by atoms with Gasteiger partial charge in [-0.3, -0.25) is 4.98 Å². The average molecular weight is 187 g/mol. The SMILES string of the molecule is Cc1ccc(-c2c(C)ncn2C)cn1. The number of hydrogen-bond acceptors (Lipinski definition) is 2. The molecule has 2 heterocycles. The van der Waals surface area contributed by atoms with E-state index >= 15 is 0 Å². The fourth-order valence-corrected chi connectivity index (χ4v) is 1.57. The van der Waals surface area contributed by atoms with E-state index in [1.807, 2.05) is 44.1 Å². The molecule has 14 heavy (non-hydrogen) atoms. The molecule has 0 aliphatic carbocycles. The Kier molecular flexibility index (Phi) is 2.08. The third-order valence-electron chi connectivity index (χ3n) is 2.30. The Hall–Kier alpha value is -1.64. The van der Waals surface area contributed by atoms with Crippen LogP contribution < -0.4 is 0 Å². The summed E-state index contributed by atoms with van der Waals surface area (Å²) >= 11 is 0. The first-order valence-corrected chi connectivity index (χ1v) is 4.59. The highest BCUT2D eigenvalue weighted by molar-refractivity contribution is 5.61. The van der Waals surface area contributed by atoms with Gasteiger partial charge in [-0.25, -0.2) is 4.98 Å². The molecule has 0 amide bonds. The highest BCUT2D eigenvalue weighted by Crippen LogP contribution is 2.20. The Bertz CT molecular complexity index is 421. The quantitative estimate of drug-likeness (QED) is 0.684. The van der Waals surface area contributed by atoms with Crippen molar-refractivity contribution in [1.82, 2.24) is 14.5 Å². The fraction of sp³-hybridized carbons (Fsp3) is 0.273.